The van der Waals surface area contributed by atoms with Gasteiger partial charge in [-0.2, -0.15) is 0 Å². The molecule has 0 aliphatic heterocycles. The average Bonchev–Trinajstić information content (AvgIpc) is 2.81. The highest BCUT2D eigenvalue weighted by Gasteiger charge is 2.37. The normalized spacial score (nSPS) is 11.3. The van der Waals surface area contributed by atoms with Crippen molar-refractivity contribution >= 4 is 28.0 Å². The van der Waals surface area contributed by atoms with Crippen molar-refractivity contribution in [2.24, 2.45) is 0 Å². The molecule has 0 amide bonds. The quantitative estimate of drug-likeness (QED) is 0.295. The zero-order chi connectivity index (χ0) is 23.0. The van der Waals surface area contributed by atoms with E-state index >= 15 is 0 Å². The lowest BCUT2D eigenvalue weighted by atomic mass is 10.2. The maximum absolute atomic E-state index is 10.4. The van der Waals surface area contributed by atoms with Crippen LogP contribution in [0.25, 0.3) is 0 Å². The highest BCUT2D eigenvalue weighted by Crippen LogP contribution is 2.55. The minimum atomic E-state index is -4.27. The molecule has 4 rings (SSSR count). The zero-order valence-electron chi connectivity index (χ0n) is 18.3. The molecule has 0 fully saturated rings. The molecule has 32 heavy (non-hydrogen) atoms. The summed E-state index contributed by atoms with van der Waals surface area (Å²) in [5.74, 6) is 0. The van der Waals surface area contributed by atoms with Crippen molar-refractivity contribution in [3.63, 3.8) is 0 Å². The van der Waals surface area contributed by atoms with Gasteiger partial charge in [-0.15, -0.1) is 0 Å². The Hall–Kier alpha value is -2.78. The van der Waals surface area contributed by atoms with E-state index in [-0.39, 0.29) is 4.90 Å². The summed E-state index contributed by atoms with van der Waals surface area (Å²) in [6.07, 6.45) is 1.11. The van der Waals surface area contributed by atoms with Gasteiger partial charge in [0.2, 0.25) is 0 Å². The van der Waals surface area contributed by atoms with Gasteiger partial charge in [-0.05, 0) is 48.9 Å². The van der Waals surface area contributed by atoms with E-state index in [2.05, 4.69) is 97.7 Å². The summed E-state index contributed by atoms with van der Waals surface area (Å²) in [4.78, 5) is -0.178. The van der Waals surface area contributed by atoms with E-state index in [1.807, 2.05) is 6.92 Å². The van der Waals surface area contributed by atoms with Gasteiger partial charge in [0.1, 0.15) is 10.1 Å². The maximum Gasteiger partial charge on any atom is 0.124 e. The van der Waals surface area contributed by atoms with Crippen LogP contribution in [0.3, 0.4) is 0 Å². The number of hydrogen-bond donors (Lipinski definition) is 0. The van der Waals surface area contributed by atoms with Crippen LogP contribution in [0.5, 0.6) is 0 Å². The molecule has 0 aliphatic rings. The lowest BCUT2D eigenvalue weighted by Crippen LogP contribution is -2.22. The molecule has 5 heteroatoms. The summed E-state index contributed by atoms with van der Waals surface area (Å²) in [6.45, 7) is 4.27. The third kappa shape index (κ3) is 6.37. The number of hydrogen-bond acceptors (Lipinski definition) is 3. The minimum absolute atomic E-state index is 0.178. The fraction of sp³-hybridized carbons (Fsp3) is 0.111. The molecule has 0 aliphatic carbocycles. The van der Waals surface area contributed by atoms with Gasteiger partial charge in [0.05, 0.1) is 35.6 Å². The van der Waals surface area contributed by atoms with Crippen LogP contribution in [-0.2, 0) is 16.3 Å². The summed E-state index contributed by atoms with van der Waals surface area (Å²) in [7, 11) is -5.67. The third-order valence-electron chi connectivity index (χ3n) is 5.30. The first-order chi connectivity index (χ1) is 15.3. The molecule has 164 valence electrons. The van der Waals surface area contributed by atoms with Crippen LogP contribution in [-0.4, -0.2) is 19.6 Å². The van der Waals surface area contributed by atoms with Crippen molar-refractivity contribution < 1.29 is 13.0 Å². The molecule has 0 atom stereocenters. The molecular weight excluding hydrogens is 435 g/mol. The summed E-state index contributed by atoms with van der Waals surface area (Å²) in [5.41, 5.74) is 2.35. The summed E-state index contributed by atoms with van der Waals surface area (Å²) < 4.78 is 31.2. The predicted molar refractivity (Wildman–Crippen MR) is 134 cm³/mol. The second kappa shape index (κ2) is 10.7. The fourth-order valence-electron chi connectivity index (χ4n) is 3.50. The van der Waals surface area contributed by atoms with E-state index in [9.17, 15) is 13.0 Å². The monoisotopic (exact) mass is 462 g/mol. The SMILES string of the molecule is C[P+](Cc1ccccc1)(c1ccccc1)c1ccccc1.Cc1ccc(S(=O)(=O)[O-])cc1. The number of aryl methyl sites for hydroxylation is 1. The van der Waals surface area contributed by atoms with E-state index in [1.54, 1.807) is 12.1 Å². The van der Waals surface area contributed by atoms with Crippen molar-refractivity contribution in [2.45, 2.75) is 18.0 Å². The van der Waals surface area contributed by atoms with E-state index in [4.69, 9.17) is 0 Å². The Morgan fingerprint density at radius 2 is 1.06 bits per heavy atom. The third-order valence-corrected chi connectivity index (χ3v) is 10.0. The van der Waals surface area contributed by atoms with Crippen LogP contribution in [0.1, 0.15) is 11.1 Å². The van der Waals surface area contributed by atoms with Gasteiger partial charge in [0.15, 0.2) is 0 Å². The van der Waals surface area contributed by atoms with Crippen LogP contribution in [0.15, 0.2) is 120 Å². The molecule has 4 aromatic rings. The Morgan fingerprint density at radius 1 is 0.656 bits per heavy atom. The van der Waals surface area contributed by atoms with Gasteiger partial charge >= 0.3 is 0 Å². The van der Waals surface area contributed by atoms with Crippen LogP contribution >= 0.6 is 7.26 Å². The summed E-state index contributed by atoms with van der Waals surface area (Å²) in [6, 6.07) is 38.6. The van der Waals surface area contributed by atoms with E-state index in [0.29, 0.717) is 0 Å². The molecule has 0 spiro atoms. The van der Waals surface area contributed by atoms with Crippen molar-refractivity contribution in [2.75, 3.05) is 6.66 Å². The van der Waals surface area contributed by atoms with Crippen molar-refractivity contribution in [3.05, 3.63) is 126 Å². The Bertz CT molecular complexity index is 1170. The molecule has 0 unspecified atom stereocenters. The lowest BCUT2D eigenvalue weighted by molar-refractivity contribution is 0.463. The van der Waals surface area contributed by atoms with Gasteiger partial charge in [-0.25, -0.2) is 8.42 Å². The Balaban J connectivity index is 0.000000222. The van der Waals surface area contributed by atoms with Gasteiger partial charge in [-0.1, -0.05) is 84.4 Å². The Labute approximate surface area is 191 Å². The van der Waals surface area contributed by atoms with Gasteiger partial charge < -0.3 is 4.55 Å². The molecule has 0 aromatic heterocycles. The Morgan fingerprint density at radius 3 is 1.47 bits per heavy atom. The lowest BCUT2D eigenvalue weighted by Gasteiger charge is -2.23. The van der Waals surface area contributed by atoms with E-state index in [0.717, 1.165) is 11.7 Å². The smallest absolute Gasteiger partial charge is 0.124 e. The first kappa shape index (κ1) is 23.9. The largest absolute Gasteiger partial charge is 0.744 e. The van der Waals surface area contributed by atoms with Crippen LogP contribution < -0.4 is 10.6 Å². The van der Waals surface area contributed by atoms with Crippen LogP contribution in [0.4, 0.5) is 0 Å². The second-order valence-corrected chi connectivity index (χ2v) is 12.9. The molecule has 3 nitrogen and oxygen atoms in total. The van der Waals surface area contributed by atoms with E-state index < -0.39 is 17.4 Å². The van der Waals surface area contributed by atoms with Gasteiger partial charge in [-0.3, -0.25) is 0 Å². The number of rotatable bonds is 5. The molecule has 0 radical (unpaired) electrons. The average molecular weight is 463 g/mol. The maximum atomic E-state index is 10.4. The first-order valence-corrected chi connectivity index (χ1v) is 14.2. The molecule has 0 heterocycles. The van der Waals surface area contributed by atoms with Crippen molar-refractivity contribution in [1.82, 2.24) is 0 Å². The first-order valence-electron chi connectivity index (χ1n) is 10.3. The number of benzene rings is 4. The highest BCUT2D eigenvalue weighted by atomic mass is 32.2. The second-order valence-electron chi connectivity index (χ2n) is 7.77. The topological polar surface area (TPSA) is 57.2 Å². The minimum Gasteiger partial charge on any atom is -0.744 e. The van der Waals surface area contributed by atoms with Crippen molar-refractivity contribution in [3.8, 4) is 0 Å². The van der Waals surface area contributed by atoms with Crippen molar-refractivity contribution in [1.29, 1.82) is 0 Å². The van der Waals surface area contributed by atoms with Gasteiger partial charge in [0.25, 0.3) is 0 Å². The van der Waals surface area contributed by atoms with Crippen LogP contribution in [0, 0.1) is 6.92 Å². The molecule has 0 N–H and O–H groups in total. The summed E-state index contributed by atoms with van der Waals surface area (Å²) in [5, 5.41) is 2.94. The zero-order valence-corrected chi connectivity index (χ0v) is 20.0. The van der Waals surface area contributed by atoms with Gasteiger partial charge in [0, 0.05) is 0 Å². The van der Waals surface area contributed by atoms with Crippen LogP contribution in [0.2, 0.25) is 0 Å². The predicted octanol–water partition coefficient (Wildman–Crippen LogP) is 5.38. The molecule has 0 bridgehead atoms. The molecular formula is C27H27O3PS. The fourth-order valence-corrected chi connectivity index (χ4v) is 7.23. The standard InChI is InChI=1S/C20H20P.C7H8O3S/c1-21(19-13-7-3-8-14-19,20-15-9-4-10-16-20)17-18-11-5-2-6-12-18;1-6-2-4-7(5-3-6)11(8,9)10/h2-16H,17H2,1H3;2-5H,1H3,(H,8,9,10)/q+1;/p-1. The molecule has 0 saturated carbocycles. The molecule has 4 aromatic carbocycles. The molecule has 0 saturated heterocycles. The Kier molecular flexibility index (Phi) is 7.98. The highest BCUT2D eigenvalue weighted by molar-refractivity contribution is 7.88. The van der Waals surface area contributed by atoms with E-state index in [1.165, 1.54) is 28.3 Å². The summed E-state index contributed by atoms with van der Waals surface area (Å²) >= 11 is 0.